The molecule has 0 aliphatic carbocycles. The third-order valence-corrected chi connectivity index (χ3v) is 7.54. The van der Waals surface area contributed by atoms with Crippen molar-refractivity contribution in [2.75, 3.05) is 33.8 Å². The normalized spacial score (nSPS) is 10.6. The van der Waals surface area contributed by atoms with Gasteiger partial charge in [-0.25, -0.2) is 24.0 Å². The zero-order chi connectivity index (χ0) is 41.3. The standard InChI is InChI=1S/C20H16ClFN2O3.C13H10F3NO3.C7H8ClN/c1-26-15-9-7-14(8-10-15)23-16-11-17(20(25)27-2)24-19(18(16)22)12-3-5-13(21)6-4-12;1-19-10-5-3-9(4-6-10)17-11(13(14,15)16)7-8-12(18)20-2;8-7-3-1-6(5-9)2-4-7/h3-11H,1-2H3,(H,23,24);3-6H,1-2H3;1-4H,5,9H2. The average Bonchev–Trinajstić information content (AvgIpc) is 3.21. The first kappa shape index (κ1) is 44.3. The summed E-state index contributed by atoms with van der Waals surface area (Å²) in [6, 6.07) is 27.9. The molecule has 56 heavy (non-hydrogen) atoms. The summed E-state index contributed by atoms with van der Waals surface area (Å²) in [6.07, 6.45) is -4.76. The SMILES string of the molecule is COC(=O)C#CC(=Nc1ccc(OC)cc1)C(F)(F)F.COC(=O)c1cc(Nc2ccc(OC)cc2)c(F)c(-c2ccc(Cl)cc2)n1.NCc1ccc(Cl)cc1. The number of anilines is 2. The van der Waals surface area contributed by atoms with Crippen molar-refractivity contribution in [1.29, 1.82) is 0 Å². The van der Waals surface area contributed by atoms with Gasteiger partial charge < -0.3 is 30.0 Å². The summed E-state index contributed by atoms with van der Waals surface area (Å²) in [6.45, 7) is 0.581. The number of nitrogens with zero attached hydrogens (tertiary/aromatic N) is 2. The molecule has 5 rings (SSSR count). The number of nitrogens with one attached hydrogen (secondary N) is 1. The molecule has 10 nitrogen and oxygen atoms in total. The fraction of sp³-hybridized carbons (Fsp3) is 0.150. The van der Waals surface area contributed by atoms with E-state index in [1.54, 1.807) is 67.5 Å². The van der Waals surface area contributed by atoms with Crippen LogP contribution >= 0.6 is 23.2 Å². The Balaban J connectivity index is 0.000000253. The van der Waals surface area contributed by atoms with Crippen LogP contribution in [0.3, 0.4) is 0 Å². The van der Waals surface area contributed by atoms with Gasteiger partial charge in [-0.05, 0) is 90.3 Å². The number of hydrogen-bond donors (Lipinski definition) is 2. The second-order valence-corrected chi connectivity index (χ2v) is 11.7. The molecule has 0 spiro atoms. The summed E-state index contributed by atoms with van der Waals surface area (Å²) in [5.74, 6) is 2.18. The highest BCUT2D eigenvalue weighted by Gasteiger charge is 2.35. The molecule has 0 aliphatic rings. The summed E-state index contributed by atoms with van der Waals surface area (Å²) >= 11 is 11.5. The van der Waals surface area contributed by atoms with E-state index in [2.05, 4.69) is 20.0 Å². The van der Waals surface area contributed by atoms with E-state index in [0.29, 0.717) is 34.3 Å². The maximum atomic E-state index is 15.1. The fourth-order valence-corrected chi connectivity index (χ4v) is 4.44. The Kier molecular flexibility index (Phi) is 17.1. The first-order valence-corrected chi connectivity index (χ1v) is 16.8. The van der Waals surface area contributed by atoms with Crippen LogP contribution in [0.4, 0.5) is 34.6 Å². The molecule has 5 aromatic rings. The summed E-state index contributed by atoms with van der Waals surface area (Å²) in [5, 5.41) is 4.23. The molecule has 292 valence electrons. The second kappa shape index (κ2) is 21.7. The van der Waals surface area contributed by atoms with Crippen LogP contribution in [0.1, 0.15) is 16.1 Å². The Labute approximate surface area is 330 Å². The van der Waals surface area contributed by atoms with E-state index in [9.17, 15) is 22.8 Å². The van der Waals surface area contributed by atoms with E-state index in [1.807, 2.05) is 24.3 Å². The van der Waals surface area contributed by atoms with Crippen LogP contribution < -0.4 is 20.5 Å². The predicted molar refractivity (Wildman–Crippen MR) is 208 cm³/mol. The van der Waals surface area contributed by atoms with Gasteiger partial charge >= 0.3 is 18.1 Å². The Bertz CT molecular complexity index is 2160. The number of benzene rings is 4. The largest absolute Gasteiger partial charge is 0.497 e. The first-order chi connectivity index (χ1) is 26.7. The Morgan fingerprint density at radius 1 is 0.786 bits per heavy atom. The van der Waals surface area contributed by atoms with Crippen molar-refractivity contribution in [3.8, 4) is 34.6 Å². The van der Waals surface area contributed by atoms with E-state index < -0.39 is 29.6 Å². The van der Waals surface area contributed by atoms with Crippen molar-refractivity contribution < 1.29 is 46.1 Å². The fourth-order valence-electron chi connectivity index (χ4n) is 4.19. The molecule has 3 N–H and O–H groups in total. The van der Waals surface area contributed by atoms with E-state index >= 15 is 4.39 Å². The van der Waals surface area contributed by atoms with Gasteiger partial charge in [0.15, 0.2) is 17.2 Å². The van der Waals surface area contributed by atoms with Gasteiger partial charge in [0.05, 0.1) is 39.8 Å². The van der Waals surface area contributed by atoms with Gasteiger partial charge in [0.2, 0.25) is 0 Å². The highest BCUT2D eigenvalue weighted by molar-refractivity contribution is 6.30. The second-order valence-electron chi connectivity index (χ2n) is 10.8. The number of aromatic nitrogens is 1. The van der Waals surface area contributed by atoms with Gasteiger partial charge in [-0.2, -0.15) is 13.2 Å². The molecule has 0 fully saturated rings. The summed E-state index contributed by atoms with van der Waals surface area (Å²) in [4.78, 5) is 30.2. The van der Waals surface area contributed by atoms with Gasteiger partial charge in [-0.1, -0.05) is 47.5 Å². The number of carbonyl (C=O) groups excluding carboxylic acids is 2. The lowest BCUT2D eigenvalue weighted by molar-refractivity contribution is -0.133. The number of rotatable bonds is 8. The third kappa shape index (κ3) is 13.9. The quantitative estimate of drug-likeness (QED) is 0.0517. The number of esters is 2. The lowest BCUT2D eigenvalue weighted by Crippen LogP contribution is -2.21. The molecular weight excluding hydrogens is 779 g/mol. The van der Waals surface area contributed by atoms with Gasteiger partial charge in [0.1, 0.15) is 17.2 Å². The molecule has 4 aromatic carbocycles. The van der Waals surface area contributed by atoms with Crippen LogP contribution in [0.2, 0.25) is 10.0 Å². The molecule has 0 radical (unpaired) electrons. The van der Waals surface area contributed by atoms with Gasteiger partial charge in [-0.15, -0.1) is 0 Å². The Morgan fingerprint density at radius 3 is 1.80 bits per heavy atom. The molecule has 16 heteroatoms. The molecule has 1 heterocycles. The summed E-state index contributed by atoms with van der Waals surface area (Å²) in [7, 11) is 5.25. The number of hydrogen-bond acceptors (Lipinski definition) is 10. The van der Waals surface area contributed by atoms with Crippen molar-refractivity contribution in [3.63, 3.8) is 0 Å². The molecule has 0 amide bonds. The minimum absolute atomic E-state index is 0.0140. The number of aliphatic imine (C=N–C) groups is 1. The van der Waals surface area contributed by atoms with Crippen molar-refractivity contribution >= 4 is 57.9 Å². The smallest absolute Gasteiger partial charge is 0.441 e. The minimum atomic E-state index is -4.76. The molecule has 0 atom stereocenters. The summed E-state index contributed by atoms with van der Waals surface area (Å²) in [5.41, 5.74) is 6.34. The van der Waals surface area contributed by atoms with Gasteiger partial charge in [0.25, 0.3) is 0 Å². The zero-order valence-corrected chi connectivity index (χ0v) is 31.7. The molecular formula is C40H34Cl2F4N4O6. The average molecular weight is 814 g/mol. The van der Waals surface area contributed by atoms with Crippen molar-refractivity contribution in [1.82, 2.24) is 4.98 Å². The van der Waals surface area contributed by atoms with Crippen LogP contribution in [0.15, 0.2) is 108 Å². The number of carbonyl (C=O) groups is 2. The highest BCUT2D eigenvalue weighted by Crippen LogP contribution is 2.31. The molecule has 0 unspecified atom stereocenters. The Morgan fingerprint density at radius 2 is 1.32 bits per heavy atom. The molecule has 1 aromatic heterocycles. The van der Waals surface area contributed by atoms with E-state index in [1.165, 1.54) is 44.6 Å². The number of halogens is 6. The van der Waals surface area contributed by atoms with Crippen LogP contribution in [-0.4, -0.2) is 57.2 Å². The number of ether oxygens (including phenoxy) is 4. The third-order valence-electron chi connectivity index (χ3n) is 7.04. The van der Waals surface area contributed by atoms with Crippen LogP contribution in [0, 0.1) is 17.7 Å². The topological polar surface area (TPSA) is 134 Å². The minimum Gasteiger partial charge on any atom is -0.497 e. The van der Waals surface area contributed by atoms with E-state index in [4.69, 9.17) is 43.1 Å². The van der Waals surface area contributed by atoms with E-state index in [-0.39, 0.29) is 22.8 Å². The summed E-state index contributed by atoms with van der Waals surface area (Å²) < 4.78 is 72.0. The van der Waals surface area contributed by atoms with Gasteiger partial charge in [-0.3, -0.25) is 0 Å². The molecule has 0 aliphatic heterocycles. The number of alkyl halides is 3. The van der Waals surface area contributed by atoms with E-state index in [0.717, 1.165) is 17.7 Å². The number of nitrogens with two attached hydrogens (primary N) is 1. The first-order valence-electron chi connectivity index (χ1n) is 16.0. The zero-order valence-electron chi connectivity index (χ0n) is 30.2. The molecule has 0 saturated heterocycles. The predicted octanol–water partition coefficient (Wildman–Crippen LogP) is 9.39. The van der Waals surface area contributed by atoms with Crippen molar-refractivity contribution in [3.05, 3.63) is 130 Å². The lowest BCUT2D eigenvalue weighted by atomic mass is 10.1. The highest BCUT2D eigenvalue weighted by atomic mass is 35.5. The van der Waals surface area contributed by atoms with Crippen LogP contribution in [0.5, 0.6) is 11.5 Å². The molecule has 0 bridgehead atoms. The molecule has 0 saturated carbocycles. The number of pyridine rings is 1. The van der Waals surface area contributed by atoms with Crippen LogP contribution in [0.25, 0.3) is 11.3 Å². The maximum absolute atomic E-state index is 15.1. The monoisotopic (exact) mass is 812 g/mol. The van der Waals surface area contributed by atoms with Crippen molar-refractivity contribution in [2.45, 2.75) is 12.7 Å². The Hall–Kier alpha value is -6.14. The van der Waals surface area contributed by atoms with Crippen LogP contribution in [-0.2, 0) is 20.8 Å². The van der Waals surface area contributed by atoms with Gasteiger partial charge in [0, 0.05) is 33.8 Å². The maximum Gasteiger partial charge on any atom is 0.441 e. The lowest BCUT2D eigenvalue weighted by Gasteiger charge is -2.13. The number of methoxy groups -OCH3 is 4. The van der Waals surface area contributed by atoms with Crippen molar-refractivity contribution in [2.24, 2.45) is 10.7 Å².